The fraction of sp³-hybridized carbons (Fsp3) is 0.474. The molecule has 1 aliphatic heterocycles. The summed E-state index contributed by atoms with van der Waals surface area (Å²) >= 11 is 1.79. The van der Waals surface area contributed by atoms with Crippen molar-refractivity contribution in [2.75, 3.05) is 18.0 Å². The summed E-state index contributed by atoms with van der Waals surface area (Å²) < 4.78 is 0. The van der Waals surface area contributed by atoms with Crippen molar-refractivity contribution in [2.24, 2.45) is 0 Å². The number of aromatic nitrogens is 4. The first-order valence-electron chi connectivity index (χ1n) is 9.23. The summed E-state index contributed by atoms with van der Waals surface area (Å²) in [4.78, 5) is 22.9. The average Bonchev–Trinajstić information content (AvgIpc) is 3.04. The van der Waals surface area contributed by atoms with Gasteiger partial charge in [-0.1, -0.05) is 6.92 Å². The number of hydrogen-bond donors (Lipinski definition) is 1. The first kappa shape index (κ1) is 16.1. The van der Waals surface area contributed by atoms with Crippen LogP contribution in [0.3, 0.4) is 0 Å². The molecule has 0 bridgehead atoms. The van der Waals surface area contributed by atoms with Gasteiger partial charge in [0.05, 0.1) is 17.2 Å². The van der Waals surface area contributed by atoms with Crippen LogP contribution in [0.1, 0.15) is 36.6 Å². The van der Waals surface area contributed by atoms with E-state index in [-0.39, 0.29) is 0 Å². The topological polar surface area (TPSA) is 75.0 Å². The van der Waals surface area contributed by atoms with E-state index >= 15 is 0 Å². The van der Waals surface area contributed by atoms with Crippen LogP contribution in [0.2, 0.25) is 0 Å². The molecule has 0 unspecified atom stereocenters. The molecule has 0 amide bonds. The van der Waals surface area contributed by atoms with Crippen molar-refractivity contribution in [3.05, 3.63) is 29.0 Å². The van der Waals surface area contributed by atoms with Crippen molar-refractivity contribution >= 4 is 27.4 Å². The maximum Gasteiger partial charge on any atom is 0.183 e. The summed E-state index contributed by atoms with van der Waals surface area (Å²) in [6, 6.07) is 0. The van der Waals surface area contributed by atoms with Gasteiger partial charge in [0, 0.05) is 30.4 Å². The monoisotopic (exact) mass is 367 g/mol. The molecule has 0 spiro atoms. The van der Waals surface area contributed by atoms with E-state index in [9.17, 15) is 5.11 Å². The Morgan fingerprint density at radius 1 is 1.19 bits per heavy atom. The predicted octanol–water partition coefficient (Wildman–Crippen LogP) is 2.99. The molecule has 1 aliphatic carbocycles. The highest BCUT2D eigenvalue weighted by Crippen LogP contribution is 2.42. The van der Waals surface area contributed by atoms with Crippen LogP contribution in [-0.4, -0.2) is 43.7 Å². The first-order chi connectivity index (χ1) is 12.7. The molecule has 134 valence electrons. The average molecular weight is 367 g/mol. The van der Waals surface area contributed by atoms with E-state index in [1.165, 1.54) is 28.7 Å². The zero-order valence-corrected chi connectivity index (χ0v) is 15.6. The van der Waals surface area contributed by atoms with E-state index in [2.05, 4.69) is 14.9 Å². The van der Waals surface area contributed by atoms with Crippen LogP contribution in [0.25, 0.3) is 21.7 Å². The van der Waals surface area contributed by atoms with Crippen LogP contribution < -0.4 is 4.90 Å². The van der Waals surface area contributed by atoms with Crippen LogP contribution in [0.15, 0.2) is 18.6 Å². The summed E-state index contributed by atoms with van der Waals surface area (Å²) in [5, 5.41) is 11.7. The molecule has 6 nitrogen and oxygen atoms in total. The summed E-state index contributed by atoms with van der Waals surface area (Å²) in [6.45, 7) is 3.28. The smallest absolute Gasteiger partial charge is 0.183 e. The predicted molar refractivity (Wildman–Crippen MR) is 103 cm³/mol. The summed E-state index contributed by atoms with van der Waals surface area (Å²) in [5.74, 6) is 1.57. The number of fused-ring (bicyclic) bond motifs is 3. The van der Waals surface area contributed by atoms with Crippen LogP contribution in [0.5, 0.6) is 0 Å². The fourth-order valence-corrected chi connectivity index (χ4v) is 5.19. The van der Waals surface area contributed by atoms with Gasteiger partial charge in [-0.15, -0.1) is 11.3 Å². The van der Waals surface area contributed by atoms with Gasteiger partial charge in [0.2, 0.25) is 0 Å². The quantitative estimate of drug-likeness (QED) is 0.767. The molecule has 3 aromatic heterocycles. The third-order valence-corrected chi connectivity index (χ3v) is 6.70. The summed E-state index contributed by atoms with van der Waals surface area (Å²) in [5.41, 5.74) is 1.51. The van der Waals surface area contributed by atoms with Gasteiger partial charge in [-0.3, -0.25) is 4.98 Å². The Bertz CT molecular complexity index is 965. The number of β-amino-alcohol motifs (C(OH)–C–C–N with tert-alkyl or cyclic N) is 1. The van der Waals surface area contributed by atoms with Gasteiger partial charge < -0.3 is 10.0 Å². The number of aliphatic hydroxyl groups is 1. The molecule has 4 heterocycles. The van der Waals surface area contributed by atoms with E-state index in [1.54, 1.807) is 29.9 Å². The third kappa shape index (κ3) is 2.49. The van der Waals surface area contributed by atoms with Crippen molar-refractivity contribution < 1.29 is 5.11 Å². The van der Waals surface area contributed by atoms with Crippen LogP contribution >= 0.6 is 11.3 Å². The summed E-state index contributed by atoms with van der Waals surface area (Å²) in [6.07, 6.45) is 10.5. The van der Waals surface area contributed by atoms with E-state index in [4.69, 9.17) is 9.97 Å². The van der Waals surface area contributed by atoms with Gasteiger partial charge in [0.15, 0.2) is 5.82 Å². The zero-order valence-electron chi connectivity index (χ0n) is 14.8. The SMILES string of the molecule is CCC1(O)CN(c2nc(-c3cnccn3)nc3sc4c(c23)CCCC4)C1. The first-order valence-corrected chi connectivity index (χ1v) is 10.0. The lowest BCUT2D eigenvalue weighted by molar-refractivity contribution is 0.00824. The van der Waals surface area contributed by atoms with Crippen LogP contribution in [0, 0.1) is 0 Å². The second-order valence-electron chi connectivity index (χ2n) is 7.29. The lowest BCUT2D eigenvalue weighted by atomic mass is 9.90. The van der Waals surface area contributed by atoms with Crippen LogP contribution in [-0.2, 0) is 12.8 Å². The Labute approximate surface area is 156 Å². The van der Waals surface area contributed by atoms with Gasteiger partial charge in [-0.05, 0) is 37.7 Å². The number of hydrogen-bond acceptors (Lipinski definition) is 7. The molecular formula is C19H21N5OS. The molecule has 2 aliphatic rings. The van der Waals surface area contributed by atoms with Crippen molar-refractivity contribution in [3.8, 4) is 11.5 Å². The van der Waals surface area contributed by atoms with E-state index in [0.717, 1.165) is 29.9 Å². The molecular weight excluding hydrogens is 346 g/mol. The Kier molecular flexibility index (Phi) is 3.68. The highest BCUT2D eigenvalue weighted by molar-refractivity contribution is 7.19. The van der Waals surface area contributed by atoms with Crippen LogP contribution in [0.4, 0.5) is 5.82 Å². The normalized spacial score (nSPS) is 18.6. The van der Waals surface area contributed by atoms with Crippen molar-refractivity contribution in [1.82, 2.24) is 19.9 Å². The molecule has 1 fully saturated rings. The minimum absolute atomic E-state index is 0.597. The van der Waals surface area contributed by atoms with Crippen molar-refractivity contribution in [1.29, 1.82) is 0 Å². The standard InChI is InChI=1S/C19H21N5OS/c1-2-19(25)10-24(11-19)17-15-12-5-3-4-6-14(12)26-18(15)23-16(22-17)13-9-20-7-8-21-13/h7-9,25H,2-6,10-11H2,1H3. The second-order valence-corrected chi connectivity index (χ2v) is 8.37. The fourth-order valence-electron chi connectivity index (χ4n) is 3.93. The lowest BCUT2D eigenvalue weighted by Crippen LogP contribution is -2.62. The Morgan fingerprint density at radius 3 is 2.81 bits per heavy atom. The number of nitrogens with zero attached hydrogens (tertiary/aromatic N) is 5. The van der Waals surface area contributed by atoms with E-state index in [0.29, 0.717) is 24.6 Å². The second kappa shape index (κ2) is 5.96. The molecule has 0 radical (unpaired) electrons. The minimum atomic E-state index is -0.597. The number of aryl methyl sites for hydroxylation is 2. The molecule has 1 saturated heterocycles. The van der Waals surface area contributed by atoms with E-state index in [1.807, 2.05) is 6.92 Å². The number of thiophene rings is 1. The molecule has 3 aromatic rings. The maximum atomic E-state index is 10.5. The molecule has 0 atom stereocenters. The summed E-state index contributed by atoms with van der Waals surface area (Å²) in [7, 11) is 0. The third-order valence-electron chi connectivity index (χ3n) is 5.52. The molecule has 7 heteroatoms. The highest BCUT2D eigenvalue weighted by atomic mass is 32.1. The van der Waals surface area contributed by atoms with Gasteiger partial charge in [0.1, 0.15) is 16.3 Å². The van der Waals surface area contributed by atoms with Gasteiger partial charge >= 0.3 is 0 Å². The maximum absolute atomic E-state index is 10.5. The number of anilines is 1. The minimum Gasteiger partial charge on any atom is -0.386 e. The Morgan fingerprint density at radius 2 is 2.04 bits per heavy atom. The molecule has 0 saturated carbocycles. The lowest BCUT2D eigenvalue weighted by Gasteiger charge is -2.47. The van der Waals surface area contributed by atoms with Gasteiger partial charge in [-0.2, -0.15) is 0 Å². The Balaban J connectivity index is 1.68. The van der Waals surface area contributed by atoms with Crippen molar-refractivity contribution in [3.63, 3.8) is 0 Å². The molecule has 0 aromatic carbocycles. The molecule has 1 N–H and O–H groups in total. The van der Waals surface area contributed by atoms with Crippen molar-refractivity contribution in [2.45, 2.75) is 44.6 Å². The molecule has 5 rings (SSSR count). The van der Waals surface area contributed by atoms with Gasteiger partial charge in [0.25, 0.3) is 0 Å². The zero-order chi connectivity index (χ0) is 17.7. The van der Waals surface area contributed by atoms with Gasteiger partial charge in [-0.25, -0.2) is 15.0 Å². The number of rotatable bonds is 3. The van der Waals surface area contributed by atoms with E-state index < -0.39 is 5.60 Å². The largest absolute Gasteiger partial charge is 0.386 e. The highest BCUT2D eigenvalue weighted by Gasteiger charge is 2.41. The molecule has 26 heavy (non-hydrogen) atoms. The Hall–Kier alpha value is -2.12.